The highest BCUT2D eigenvalue weighted by Crippen LogP contribution is 2.66. The molecule has 0 nitrogen and oxygen atoms in total. The Balaban J connectivity index is 4.47. The first-order valence-electron chi connectivity index (χ1n) is 13.1. The quantitative estimate of drug-likeness (QED) is 0.123. The van der Waals surface area contributed by atoms with Crippen LogP contribution in [-0.2, 0) is 0 Å². The van der Waals surface area contributed by atoms with Crippen molar-refractivity contribution in [2.24, 2.45) is 0 Å². The molecule has 0 unspecified atom stereocenters. The third-order valence-corrected chi connectivity index (χ3v) is 11.8. The summed E-state index contributed by atoms with van der Waals surface area (Å²) in [5.41, 5.74) is 0. The van der Waals surface area contributed by atoms with Gasteiger partial charge >= 0.3 is 0 Å². The number of allylic oxidation sites excluding steroid dienone is 1. The van der Waals surface area contributed by atoms with Gasteiger partial charge in [0.05, 0.1) is 23.8 Å². The zero-order valence-corrected chi connectivity index (χ0v) is 21.4. The topological polar surface area (TPSA) is 0 Å². The maximum atomic E-state index is 4.56. The van der Waals surface area contributed by atoms with Gasteiger partial charge in [-0.2, -0.15) is 0 Å². The van der Waals surface area contributed by atoms with E-state index < -0.39 is 7.26 Å². The van der Waals surface area contributed by atoms with Gasteiger partial charge in [-0.25, -0.2) is 0 Å². The summed E-state index contributed by atoms with van der Waals surface area (Å²) in [5.74, 6) is 0. The molecule has 168 valence electrons. The molecule has 0 saturated heterocycles. The SMILES string of the molecule is C=C(C)[P+](CCCCCCCC)(CCCCCCCC)CCCCCCCC. The van der Waals surface area contributed by atoms with Crippen molar-refractivity contribution in [3.63, 3.8) is 0 Å². The van der Waals surface area contributed by atoms with Crippen LogP contribution in [0.3, 0.4) is 0 Å². The van der Waals surface area contributed by atoms with Gasteiger partial charge in [-0.05, 0) is 45.4 Å². The van der Waals surface area contributed by atoms with E-state index in [0.29, 0.717) is 0 Å². The van der Waals surface area contributed by atoms with Crippen molar-refractivity contribution in [2.45, 2.75) is 143 Å². The summed E-state index contributed by atoms with van der Waals surface area (Å²) < 4.78 is 0. The summed E-state index contributed by atoms with van der Waals surface area (Å²) in [6, 6.07) is 0. The first kappa shape index (κ1) is 28.2. The van der Waals surface area contributed by atoms with Crippen molar-refractivity contribution in [3.8, 4) is 0 Å². The van der Waals surface area contributed by atoms with Gasteiger partial charge in [-0.1, -0.05) is 104 Å². The van der Waals surface area contributed by atoms with Crippen molar-refractivity contribution in [3.05, 3.63) is 11.9 Å². The summed E-state index contributed by atoms with van der Waals surface area (Å²) in [4.78, 5) is 0. The molecule has 0 atom stereocenters. The molecule has 0 radical (unpaired) electrons. The van der Waals surface area contributed by atoms with E-state index in [2.05, 4.69) is 34.3 Å². The molecule has 0 aliphatic carbocycles. The van der Waals surface area contributed by atoms with Crippen molar-refractivity contribution in [1.82, 2.24) is 0 Å². The number of hydrogen-bond donors (Lipinski definition) is 0. The van der Waals surface area contributed by atoms with E-state index in [-0.39, 0.29) is 0 Å². The zero-order chi connectivity index (χ0) is 20.9. The van der Waals surface area contributed by atoms with Gasteiger partial charge in [0.1, 0.15) is 0 Å². The molecule has 28 heavy (non-hydrogen) atoms. The Kier molecular flexibility index (Phi) is 20.6. The largest absolute Gasteiger partial charge is 0.0654 e. The van der Waals surface area contributed by atoms with Crippen LogP contribution in [0.25, 0.3) is 0 Å². The molecular weight excluding hydrogens is 355 g/mol. The normalized spacial score (nSPS) is 11.9. The minimum atomic E-state index is -0.929. The Labute approximate surface area is 181 Å². The molecule has 0 spiro atoms. The Morgan fingerprint density at radius 3 is 0.964 bits per heavy atom. The third-order valence-electron chi connectivity index (χ3n) is 6.63. The van der Waals surface area contributed by atoms with Crippen LogP contribution >= 0.6 is 7.26 Å². The van der Waals surface area contributed by atoms with Crippen LogP contribution in [0.2, 0.25) is 0 Å². The van der Waals surface area contributed by atoms with E-state index in [4.69, 9.17) is 0 Å². The fourth-order valence-corrected chi connectivity index (χ4v) is 8.80. The van der Waals surface area contributed by atoms with E-state index in [9.17, 15) is 0 Å². The average Bonchev–Trinajstić information content (AvgIpc) is 2.69. The highest BCUT2D eigenvalue weighted by Gasteiger charge is 2.36. The lowest BCUT2D eigenvalue weighted by molar-refractivity contribution is 0.616. The maximum absolute atomic E-state index is 4.56. The summed E-state index contributed by atoms with van der Waals surface area (Å²) >= 11 is 0. The highest BCUT2D eigenvalue weighted by molar-refractivity contribution is 7.79. The Morgan fingerprint density at radius 2 is 0.714 bits per heavy atom. The smallest absolute Gasteiger partial charge is 0.0638 e. The van der Waals surface area contributed by atoms with E-state index >= 15 is 0 Å². The summed E-state index contributed by atoms with van der Waals surface area (Å²) in [6.07, 6.45) is 30.4. The van der Waals surface area contributed by atoms with Crippen LogP contribution < -0.4 is 0 Å². The molecule has 0 N–H and O–H groups in total. The van der Waals surface area contributed by atoms with Crippen molar-refractivity contribution < 1.29 is 0 Å². The lowest BCUT2D eigenvalue weighted by Gasteiger charge is -2.28. The molecule has 0 amide bonds. The Bertz CT molecular complexity index is 292. The van der Waals surface area contributed by atoms with Gasteiger partial charge in [-0.3, -0.25) is 0 Å². The second-order valence-corrected chi connectivity index (χ2v) is 13.7. The van der Waals surface area contributed by atoms with Gasteiger partial charge in [0, 0.05) is 7.26 Å². The highest BCUT2D eigenvalue weighted by atomic mass is 31.2. The second-order valence-electron chi connectivity index (χ2n) is 9.35. The van der Waals surface area contributed by atoms with Crippen molar-refractivity contribution in [1.29, 1.82) is 0 Å². The fraction of sp³-hybridized carbons (Fsp3) is 0.926. The van der Waals surface area contributed by atoms with Crippen LogP contribution in [-0.4, -0.2) is 18.5 Å². The van der Waals surface area contributed by atoms with Crippen LogP contribution in [0.1, 0.15) is 143 Å². The van der Waals surface area contributed by atoms with Crippen LogP contribution in [0.4, 0.5) is 0 Å². The third kappa shape index (κ3) is 15.1. The molecule has 0 aliphatic rings. The zero-order valence-electron chi connectivity index (χ0n) is 20.5. The predicted octanol–water partition coefficient (Wildman–Crippen LogP) is 10.6. The van der Waals surface area contributed by atoms with E-state index in [1.165, 1.54) is 134 Å². The molecule has 0 rings (SSSR count). The molecule has 0 saturated carbocycles. The first-order chi connectivity index (χ1) is 13.6. The van der Waals surface area contributed by atoms with Crippen LogP contribution in [0, 0.1) is 0 Å². The Morgan fingerprint density at radius 1 is 0.464 bits per heavy atom. The summed E-state index contributed by atoms with van der Waals surface area (Å²) in [5, 5.41) is 1.60. The van der Waals surface area contributed by atoms with Gasteiger partial charge in [-0.15, -0.1) is 0 Å². The fourth-order valence-electron chi connectivity index (χ4n) is 4.49. The maximum Gasteiger partial charge on any atom is 0.0638 e. The molecule has 0 aromatic rings. The summed E-state index contributed by atoms with van der Waals surface area (Å²) in [6.45, 7) is 13.9. The number of rotatable bonds is 22. The van der Waals surface area contributed by atoms with Gasteiger partial charge in [0.15, 0.2) is 0 Å². The molecule has 1 heteroatoms. The van der Waals surface area contributed by atoms with Gasteiger partial charge in [0.2, 0.25) is 0 Å². The second kappa shape index (κ2) is 20.4. The van der Waals surface area contributed by atoms with Crippen LogP contribution in [0.15, 0.2) is 11.9 Å². The van der Waals surface area contributed by atoms with Crippen molar-refractivity contribution in [2.75, 3.05) is 18.5 Å². The molecule has 0 aromatic heterocycles. The summed E-state index contributed by atoms with van der Waals surface area (Å²) in [7, 11) is -0.929. The van der Waals surface area contributed by atoms with Crippen molar-refractivity contribution >= 4 is 7.26 Å². The van der Waals surface area contributed by atoms with Crippen LogP contribution in [0.5, 0.6) is 0 Å². The first-order valence-corrected chi connectivity index (χ1v) is 15.5. The minimum Gasteiger partial charge on any atom is -0.0654 e. The van der Waals surface area contributed by atoms with Gasteiger partial charge < -0.3 is 0 Å². The lowest BCUT2D eigenvalue weighted by Crippen LogP contribution is -2.10. The number of hydrogen-bond acceptors (Lipinski definition) is 0. The monoisotopic (exact) mass is 411 g/mol. The molecule has 0 bridgehead atoms. The molecule has 0 aromatic carbocycles. The molecule has 0 fully saturated rings. The van der Waals surface area contributed by atoms with E-state index in [0.717, 1.165) is 0 Å². The molecule has 0 heterocycles. The Hall–Kier alpha value is 0.170. The molecular formula is C27H56P+. The average molecular weight is 412 g/mol. The standard InChI is InChI=1S/C27H56P/c1-6-9-12-15-18-21-24-28(27(4)5,25-22-19-16-13-10-7-2)26-23-20-17-14-11-8-3/h4,6-26H2,1-3,5H3/q+1. The van der Waals surface area contributed by atoms with E-state index in [1.807, 2.05) is 0 Å². The van der Waals surface area contributed by atoms with E-state index in [1.54, 1.807) is 5.31 Å². The predicted molar refractivity (Wildman–Crippen MR) is 136 cm³/mol. The van der Waals surface area contributed by atoms with Gasteiger partial charge in [0.25, 0.3) is 0 Å². The minimum absolute atomic E-state index is 0.929. The lowest BCUT2D eigenvalue weighted by atomic mass is 10.1. The molecule has 0 aliphatic heterocycles. The number of unbranched alkanes of at least 4 members (excludes halogenated alkanes) is 15.